The predicted molar refractivity (Wildman–Crippen MR) is 146 cm³/mol. The Morgan fingerprint density at radius 3 is 2.50 bits per heavy atom. The summed E-state index contributed by atoms with van der Waals surface area (Å²) in [5.74, 6) is -0.487. The fourth-order valence-corrected chi connectivity index (χ4v) is 5.16. The van der Waals surface area contributed by atoms with Crippen molar-refractivity contribution in [3.63, 3.8) is 0 Å². The number of carbonyl (C=O) groups excluding carboxylic acids is 1. The van der Waals surface area contributed by atoms with Gasteiger partial charge in [0.25, 0.3) is 15.6 Å². The fraction of sp³-hybridized carbons (Fsp3) is 0.259. The summed E-state index contributed by atoms with van der Waals surface area (Å²) in [5.41, 5.74) is 3.41. The number of carbonyl (C=O) groups is 1. The Balaban J connectivity index is 1.73. The van der Waals surface area contributed by atoms with Crippen LogP contribution in [0.2, 0.25) is 0 Å². The third-order valence-electron chi connectivity index (χ3n) is 6.40. The van der Waals surface area contributed by atoms with Crippen molar-refractivity contribution in [3.8, 4) is 17.0 Å². The summed E-state index contributed by atoms with van der Waals surface area (Å²) in [5, 5.41) is 2.94. The van der Waals surface area contributed by atoms with Crippen LogP contribution in [0.25, 0.3) is 22.0 Å². The Morgan fingerprint density at radius 1 is 1.05 bits per heavy atom. The first-order valence-electron chi connectivity index (χ1n) is 11.9. The topological polar surface area (TPSA) is 132 Å². The maximum absolute atomic E-state index is 13.2. The minimum absolute atomic E-state index is 0.106. The van der Waals surface area contributed by atoms with Gasteiger partial charge in [-0.15, -0.1) is 0 Å². The molecule has 11 heteroatoms. The van der Waals surface area contributed by atoms with E-state index in [-0.39, 0.29) is 34.5 Å². The molecule has 0 unspecified atom stereocenters. The van der Waals surface area contributed by atoms with E-state index < -0.39 is 15.9 Å². The number of methoxy groups -OCH3 is 1. The number of ether oxygens (including phenoxy) is 1. The molecule has 0 saturated carbocycles. The molecular weight excluding hydrogens is 506 g/mol. The predicted octanol–water partition coefficient (Wildman–Crippen LogP) is 3.27. The van der Waals surface area contributed by atoms with Gasteiger partial charge in [0.05, 0.1) is 35.2 Å². The fourth-order valence-electron chi connectivity index (χ4n) is 4.02. The van der Waals surface area contributed by atoms with Crippen LogP contribution in [0.5, 0.6) is 5.88 Å². The molecule has 0 aliphatic rings. The van der Waals surface area contributed by atoms with E-state index in [1.807, 2.05) is 13.8 Å². The second-order valence-corrected chi connectivity index (χ2v) is 10.8. The van der Waals surface area contributed by atoms with Gasteiger partial charge in [0.2, 0.25) is 11.8 Å². The lowest BCUT2D eigenvalue weighted by atomic mass is 10.0. The van der Waals surface area contributed by atoms with Gasteiger partial charge in [-0.05, 0) is 60.9 Å². The molecule has 198 valence electrons. The second kappa shape index (κ2) is 10.6. The minimum atomic E-state index is -3.92. The van der Waals surface area contributed by atoms with Crippen molar-refractivity contribution in [2.45, 2.75) is 32.2 Å². The Bertz CT molecular complexity index is 1700. The quantitative estimate of drug-likeness (QED) is 0.354. The molecule has 1 amide bonds. The maximum atomic E-state index is 13.2. The molecule has 2 aromatic heterocycles. The van der Waals surface area contributed by atoms with Gasteiger partial charge in [0.15, 0.2) is 0 Å². The van der Waals surface area contributed by atoms with Crippen LogP contribution in [0, 0.1) is 19.8 Å². The highest BCUT2D eigenvalue weighted by Crippen LogP contribution is 2.31. The van der Waals surface area contributed by atoms with Crippen LogP contribution in [0.1, 0.15) is 18.1 Å². The van der Waals surface area contributed by atoms with Crippen LogP contribution in [-0.4, -0.2) is 43.0 Å². The Kier molecular flexibility index (Phi) is 7.49. The first-order chi connectivity index (χ1) is 18.0. The van der Waals surface area contributed by atoms with E-state index in [4.69, 9.17) is 4.74 Å². The third-order valence-corrected chi connectivity index (χ3v) is 7.76. The second-order valence-electron chi connectivity index (χ2n) is 9.08. The molecule has 0 spiro atoms. The molecular formula is C27H29N5O5S. The first kappa shape index (κ1) is 26.8. The first-order valence-corrected chi connectivity index (χ1v) is 13.4. The van der Waals surface area contributed by atoms with Gasteiger partial charge >= 0.3 is 0 Å². The zero-order valence-electron chi connectivity index (χ0n) is 21.8. The molecule has 10 nitrogen and oxygen atoms in total. The molecule has 0 aliphatic heterocycles. The molecule has 4 aromatic rings. The van der Waals surface area contributed by atoms with Crippen molar-refractivity contribution >= 4 is 32.5 Å². The number of nitrogens with one attached hydrogen (secondary N) is 2. The molecule has 0 aliphatic carbocycles. The SMILES string of the molecule is CNC(=O)[C@@H](C)Cn1cnc2ccc(-c3cnc(OC)c(NS(=O)(=O)c4ccc(C)c(C)c4)c3)cc2c1=O. The normalized spacial score (nSPS) is 12.2. The average Bonchev–Trinajstić information content (AvgIpc) is 2.90. The molecule has 0 bridgehead atoms. The number of anilines is 1. The number of benzene rings is 2. The zero-order valence-corrected chi connectivity index (χ0v) is 22.6. The van der Waals surface area contributed by atoms with Gasteiger partial charge in [-0.2, -0.15) is 0 Å². The summed E-state index contributed by atoms with van der Waals surface area (Å²) in [6.07, 6.45) is 2.97. The van der Waals surface area contributed by atoms with Crippen molar-refractivity contribution in [1.29, 1.82) is 0 Å². The van der Waals surface area contributed by atoms with E-state index in [0.29, 0.717) is 22.0 Å². The lowest BCUT2D eigenvalue weighted by Crippen LogP contribution is -2.32. The lowest BCUT2D eigenvalue weighted by molar-refractivity contribution is -0.124. The lowest BCUT2D eigenvalue weighted by Gasteiger charge is -2.14. The number of rotatable bonds is 8. The Morgan fingerprint density at radius 2 is 1.82 bits per heavy atom. The molecule has 0 fully saturated rings. The van der Waals surface area contributed by atoms with E-state index in [1.54, 1.807) is 56.4 Å². The van der Waals surface area contributed by atoms with Gasteiger partial charge in [0.1, 0.15) is 5.69 Å². The zero-order chi connectivity index (χ0) is 27.6. The Hall–Kier alpha value is -4.25. The highest BCUT2D eigenvalue weighted by atomic mass is 32.2. The average molecular weight is 536 g/mol. The number of hydrogen-bond acceptors (Lipinski definition) is 7. The van der Waals surface area contributed by atoms with Crippen molar-refractivity contribution < 1.29 is 17.9 Å². The molecule has 1 atom stereocenters. The molecule has 4 rings (SSSR count). The molecule has 0 radical (unpaired) electrons. The largest absolute Gasteiger partial charge is 0.480 e. The molecule has 2 heterocycles. The monoisotopic (exact) mass is 535 g/mol. The molecule has 2 aromatic carbocycles. The summed E-state index contributed by atoms with van der Waals surface area (Å²) >= 11 is 0. The van der Waals surface area contributed by atoms with Crippen LogP contribution < -0.4 is 20.3 Å². The van der Waals surface area contributed by atoms with E-state index in [1.165, 1.54) is 24.2 Å². The van der Waals surface area contributed by atoms with Crippen LogP contribution in [0.15, 0.2) is 64.7 Å². The van der Waals surface area contributed by atoms with E-state index >= 15 is 0 Å². The number of hydrogen-bond donors (Lipinski definition) is 2. The van der Waals surface area contributed by atoms with Gasteiger partial charge in [-0.25, -0.2) is 18.4 Å². The van der Waals surface area contributed by atoms with E-state index in [9.17, 15) is 18.0 Å². The van der Waals surface area contributed by atoms with Crippen LogP contribution in [0.4, 0.5) is 5.69 Å². The third kappa shape index (κ3) is 5.37. The van der Waals surface area contributed by atoms with E-state index in [2.05, 4.69) is 20.0 Å². The van der Waals surface area contributed by atoms with Crippen molar-refractivity contribution in [3.05, 3.63) is 76.5 Å². The minimum Gasteiger partial charge on any atom is -0.480 e. The van der Waals surface area contributed by atoms with Gasteiger partial charge in [0, 0.05) is 25.4 Å². The van der Waals surface area contributed by atoms with Crippen LogP contribution >= 0.6 is 0 Å². The summed E-state index contributed by atoms with van der Waals surface area (Å²) in [4.78, 5) is 33.9. The number of nitrogens with zero attached hydrogens (tertiary/aromatic N) is 3. The highest BCUT2D eigenvalue weighted by Gasteiger charge is 2.19. The van der Waals surface area contributed by atoms with Gasteiger partial charge < -0.3 is 10.1 Å². The Labute approximate surface area is 220 Å². The standard InChI is InChI=1S/C27H29N5O5S/c1-16-6-8-21(10-17(16)2)38(35,36)31-24-12-20(13-29-26(24)37-5)19-7-9-23-22(11-19)27(34)32(15-30-23)14-18(3)25(33)28-4/h6-13,15,18,31H,14H2,1-5H3,(H,28,33)/t18-/m0/s1. The smallest absolute Gasteiger partial charge is 0.262 e. The van der Waals surface area contributed by atoms with Crippen molar-refractivity contribution in [2.75, 3.05) is 18.9 Å². The summed E-state index contributed by atoms with van der Waals surface area (Å²) in [6.45, 7) is 5.67. The number of pyridine rings is 1. The summed E-state index contributed by atoms with van der Waals surface area (Å²) in [7, 11) is -0.968. The molecule has 0 saturated heterocycles. The summed E-state index contributed by atoms with van der Waals surface area (Å²) in [6, 6.07) is 11.7. The number of amides is 1. The maximum Gasteiger partial charge on any atom is 0.262 e. The molecule has 38 heavy (non-hydrogen) atoms. The van der Waals surface area contributed by atoms with Crippen molar-refractivity contribution in [1.82, 2.24) is 19.9 Å². The summed E-state index contributed by atoms with van der Waals surface area (Å²) < 4.78 is 35.5. The van der Waals surface area contributed by atoms with Gasteiger partial charge in [-0.1, -0.05) is 19.1 Å². The van der Waals surface area contributed by atoms with E-state index in [0.717, 1.165) is 11.1 Å². The number of aryl methyl sites for hydroxylation is 2. The highest BCUT2D eigenvalue weighted by molar-refractivity contribution is 7.92. The molecule has 2 N–H and O–H groups in total. The number of sulfonamides is 1. The number of fused-ring (bicyclic) bond motifs is 1. The van der Waals surface area contributed by atoms with Gasteiger partial charge in [-0.3, -0.25) is 18.9 Å². The number of aromatic nitrogens is 3. The van der Waals surface area contributed by atoms with Crippen LogP contribution in [0.3, 0.4) is 0 Å². The van der Waals surface area contributed by atoms with Crippen LogP contribution in [-0.2, 0) is 21.4 Å². The van der Waals surface area contributed by atoms with Crippen molar-refractivity contribution in [2.24, 2.45) is 5.92 Å².